The second kappa shape index (κ2) is 9.07. The number of carbonyl (C=O) groups is 2. The van der Waals surface area contributed by atoms with Crippen molar-refractivity contribution in [3.8, 4) is 6.07 Å². The third-order valence-corrected chi connectivity index (χ3v) is 6.73. The predicted molar refractivity (Wildman–Crippen MR) is 108 cm³/mol. The van der Waals surface area contributed by atoms with E-state index in [1.165, 1.54) is 52.5 Å². The molecule has 2 aromatic carbocycles. The molecular formula is C21H21N3O5S. The summed E-state index contributed by atoms with van der Waals surface area (Å²) in [7, 11) is -3.61. The summed E-state index contributed by atoms with van der Waals surface area (Å²) in [6, 6.07) is 16.0. The monoisotopic (exact) mass is 427 g/mol. The maximum atomic E-state index is 12.7. The van der Waals surface area contributed by atoms with E-state index in [0.717, 1.165) is 0 Å². The molecule has 3 rings (SSSR count). The molecule has 1 aliphatic heterocycles. The number of hydrogen-bond acceptors (Lipinski definition) is 6. The van der Waals surface area contributed by atoms with Crippen molar-refractivity contribution >= 4 is 21.9 Å². The van der Waals surface area contributed by atoms with Gasteiger partial charge in [0, 0.05) is 26.2 Å². The number of esters is 1. The van der Waals surface area contributed by atoms with Gasteiger partial charge >= 0.3 is 5.97 Å². The van der Waals surface area contributed by atoms with E-state index in [0.29, 0.717) is 5.56 Å². The molecule has 8 nitrogen and oxygen atoms in total. The number of rotatable bonds is 5. The molecule has 1 saturated heterocycles. The molecule has 9 heteroatoms. The van der Waals surface area contributed by atoms with E-state index in [9.17, 15) is 18.0 Å². The molecule has 0 aliphatic carbocycles. The molecule has 2 aromatic rings. The Balaban J connectivity index is 1.56. The highest BCUT2D eigenvalue weighted by Crippen LogP contribution is 2.18. The van der Waals surface area contributed by atoms with Gasteiger partial charge in [0.05, 0.1) is 22.1 Å². The number of benzene rings is 2. The van der Waals surface area contributed by atoms with Crippen molar-refractivity contribution in [3.63, 3.8) is 0 Å². The minimum absolute atomic E-state index is 0.166. The second-order valence-electron chi connectivity index (χ2n) is 6.78. The van der Waals surface area contributed by atoms with Crippen LogP contribution in [0.1, 0.15) is 22.8 Å². The fourth-order valence-corrected chi connectivity index (χ4v) is 4.55. The minimum atomic E-state index is -3.61. The lowest BCUT2D eigenvalue weighted by Crippen LogP contribution is -2.52. The van der Waals surface area contributed by atoms with E-state index >= 15 is 0 Å². The molecule has 0 aromatic heterocycles. The summed E-state index contributed by atoms with van der Waals surface area (Å²) >= 11 is 0. The van der Waals surface area contributed by atoms with E-state index in [2.05, 4.69) is 0 Å². The topological polar surface area (TPSA) is 108 Å². The Hall–Kier alpha value is -3.22. The first kappa shape index (κ1) is 21.5. The van der Waals surface area contributed by atoms with Crippen molar-refractivity contribution < 1.29 is 22.7 Å². The third kappa shape index (κ3) is 4.67. The number of piperazine rings is 1. The predicted octanol–water partition coefficient (Wildman–Crippen LogP) is 1.64. The van der Waals surface area contributed by atoms with Crippen LogP contribution in [0.15, 0.2) is 59.5 Å². The van der Waals surface area contributed by atoms with Gasteiger partial charge in [0.1, 0.15) is 0 Å². The van der Waals surface area contributed by atoms with Gasteiger partial charge in [-0.05, 0) is 43.3 Å². The summed E-state index contributed by atoms with van der Waals surface area (Å²) in [4.78, 5) is 26.6. The maximum Gasteiger partial charge on any atom is 0.338 e. The average molecular weight is 427 g/mol. The van der Waals surface area contributed by atoms with Crippen LogP contribution < -0.4 is 0 Å². The van der Waals surface area contributed by atoms with Crippen LogP contribution in [0.3, 0.4) is 0 Å². The Morgan fingerprint density at radius 1 is 1.00 bits per heavy atom. The van der Waals surface area contributed by atoms with Gasteiger partial charge in [0.25, 0.3) is 5.91 Å². The van der Waals surface area contributed by atoms with Crippen LogP contribution in [-0.4, -0.2) is 61.8 Å². The number of amides is 1. The molecular weight excluding hydrogens is 406 g/mol. The van der Waals surface area contributed by atoms with Crippen LogP contribution in [0.2, 0.25) is 0 Å². The van der Waals surface area contributed by atoms with Crippen LogP contribution in [-0.2, 0) is 19.6 Å². The Kier molecular flexibility index (Phi) is 6.50. The average Bonchev–Trinajstić information content (AvgIpc) is 2.79. The third-order valence-electron chi connectivity index (χ3n) is 4.81. The van der Waals surface area contributed by atoms with Crippen molar-refractivity contribution in [2.75, 3.05) is 26.2 Å². The Labute approximate surface area is 175 Å². The molecule has 0 N–H and O–H groups in total. The van der Waals surface area contributed by atoms with Crippen LogP contribution in [0.4, 0.5) is 0 Å². The van der Waals surface area contributed by atoms with E-state index < -0.39 is 22.1 Å². The molecule has 1 aliphatic rings. The quantitative estimate of drug-likeness (QED) is 0.671. The fraction of sp³-hybridized carbons (Fsp3) is 0.286. The van der Waals surface area contributed by atoms with Crippen LogP contribution in [0.25, 0.3) is 0 Å². The summed E-state index contributed by atoms with van der Waals surface area (Å²) in [5.41, 5.74) is 0.659. The molecule has 0 spiro atoms. The number of nitriles is 1. The van der Waals surface area contributed by atoms with Crippen LogP contribution in [0, 0.1) is 11.3 Å². The molecule has 1 atom stereocenters. The Morgan fingerprint density at radius 3 is 2.17 bits per heavy atom. The van der Waals surface area contributed by atoms with Crippen molar-refractivity contribution in [3.05, 3.63) is 65.7 Å². The van der Waals surface area contributed by atoms with E-state index in [1.807, 2.05) is 6.07 Å². The summed E-state index contributed by atoms with van der Waals surface area (Å²) < 4.78 is 31.9. The van der Waals surface area contributed by atoms with Gasteiger partial charge in [-0.3, -0.25) is 4.79 Å². The molecule has 0 saturated carbocycles. The van der Waals surface area contributed by atoms with E-state index in [4.69, 9.17) is 10.00 Å². The minimum Gasteiger partial charge on any atom is -0.449 e. The normalized spacial score (nSPS) is 15.8. The number of hydrogen-bond donors (Lipinski definition) is 0. The first-order chi connectivity index (χ1) is 14.3. The van der Waals surface area contributed by atoms with Crippen LogP contribution >= 0.6 is 0 Å². The Bertz CT molecular complexity index is 1050. The zero-order chi connectivity index (χ0) is 21.7. The summed E-state index contributed by atoms with van der Waals surface area (Å²) in [6.45, 7) is 2.24. The molecule has 1 unspecified atom stereocenters. The number of sulfonamides is 1. The highest BCUT2D eigenvalue weighted by atomic mass is 32.2. The number of carbonyl (C=O) groups excluding carboxylic acids is 2. The van der Waals surface area contributed by atoms with E-state index in [1.54, 1.807) is 18.2 Å². The lowest BCUT2D eigenvalue weighted by Gasteiger charge is -2.35. The van der Waals surface area contributed by atoms with Gasteiger partial charge in [0.15, 0.2) is 6.10 Å². The van der Waals surface area contributed by atoms with Gasteiger partial charge in [0.2, 0.25) is 10.0 Å². The van der Waals surface area contributed by atoms with Gasteiger partial charge in [-0.25, -0.2) is 13.2 Å². The van der Waals surface area contributed by atoms with Gasteiger partial charge < -0.3 is 9.64 Å². The zero-order valence-corrected chi connectivity index (χ0v) is 17.2. The zero-order valence-electron chi connectivity index (χ0n) is 16.4. The smallest absolute Gasteiger partial charge is 0.338 e. The van der Waals surface area contributed by atoms with Crippen molar-refractivity contribution in [2.45, 2.75) is 17.9 Å². The molecule has 1 amide bonds. The summed E-state index contributed by atoms with van der Waals surface area (Å²) in [6.07, 6.45) is -1.01. The SMILES string of the molecule is CC(OC(=O)c1ccc(C#N)cc1)C(=O)N1CCN(S(=O)(=O)c2ccccc2)CC1. The number of ether oxygens (including phenoxy) is 1. The van der Waals surface area contributed by atoms with Crippen LogP contribution in [0.5, 0.6) is 0 Å². The van der Waals surface area contributed by atoms with Crippen molar-refractivity contribution in [1.29, 1.82) is 5.26 Å². The summed E-state index contributed by atoms with van der Waals surface area (Å²) in [5.74, 6) is -1.04. The lowest BCUT2D eigenvalue weighted by molar-refractivity contribution is -0.141. The largest absolute Gasteiger partial charge is 0.449 e. The van der Waals surface area contributed by atoms with Gasteiger partial charge in [-0.15, -0.1) is 0 Å². The molecule has 1 heterocycles. The van der Waals surface area contributed by atoms with Crippen molar-refractivity contribution in [2.24, 2.45) is 0 Å². The maximum absolute atomic E-state index is 12.7. The molecule has 156 valence electrons. The highest BCUT2D eigenvalue weighted by Gasteiger charge is 2.32. The first-order valence-corrected chi connectivity index (χ1v) is 10.8. The first-order valence-electron chi connectivity index (χ1n) is 9.38. The Morgan fingerprint density at radius 2 is 1.60 bits per heavy atom. The van der Waals surface area contributed by atoms with E-state index in [-0.39, 0.29) is 42.5 Å². The molecule has 0 radical (unpaired) electrons. The van der Waals surface area contributed by atoms with Gasteiger partial charge in [-0.2, -0.15) is 9.57 Å². The van der Waals surface area contributed by atoms with Crippen molar-refractivity contribution in [1.82, 2.24) is 9.21 Å². The summed E-state index contributed by atoms with van der Waals surface area (Å²) in [5, 5.41) is 8.81. The molecule has 1 fully saturated rings. The van der Waals surface area contributed by atoms with Gasteiger partial charge in [-0.1, -0.05) is 18.2 Å². The second-order valence-corrected chi connectivity index (χ2v) is 8.72. The number of nitrogens with zero attached hydrogens (tertiary/aromatic N) is 3. The fourth-order valence-electron chi connectivity index (χ4n) is 3.11. The lowest BCUT2D eigenvalue weighted by atomic mass is 10.1. The highest BCUT2D eigenvalue weighted by molar-refractivity contribution is 7.89. The molecule has 0 bridgehead atoms. The standard InChI is InChI=1S/C21H21N3O5S/c1-16(29-21(26)18-9-7-17(15-22)8-10-18)20(25)23-11-13-24(14-12-23)30(27,28)19-5-3-2-4-6-19/h2-10,16H,11-14H2,1H3. The molecule has 30 heavy (non-hydrogen) atoms.